The van der Waals surface area contributed by atoms with Crippen molar-refractivity contribution >= 4 is 17.1 Å². The standard InChI is InChI=1S/C21H22FN5O2/c1-21(2,3)29-20(28)24-16(12-23)9-15-6-5-13(10-17(15)22)14-7-8-18-19(11-14)27(4)26-25-18/h5-8,10-11,16H,9H2,1-4H3,(H,24,28)/t16-/m0/s1. The Morgan fingerprint density at radius 2 is 1.97 bits per heavy atom. The van der Waals surface area contributed by atoms with E-state index in [1.807, 2.05) is 24.3 Å². The van der Waals surface area contributed by atoms with Crippen molar-refractivity contribution in [1.82, 2.24) is 20.3 Å². The summed E-state index contributed by atoms with van der Waals surface area (Å²) in [5.74, 6) is -0.447. The van der Waals surface area contributed by atoms with Gasteiger partial charge in [-0.25, -0.2) is 13.9 Å². The van der Waals surface area contributed by atoms with Gasteiger partial charge in [0.25, 0.3) is 0 Å². The molecule has 1 aromatic heterocycles. The van der Waals surface area contributed by atoms with E-state index in [0.29, 0.717) is 11.1 Å². The number of nitrogens with one attached hydrogen (secondary N) is 1. The van der Waals surface area contributed by atoms with Crippen LogP contribution in [0.4, 0.5) is 9.18 Å². The fraction of sp³-hybridized carbons (Fsp3) is 0.333. The van der Waals surface area contributed by atoms with E-state index in [2.05, 4.69) is 15.6 Å². The summed E-state index contributed by atoms with van der Waals surface area (Å²) in [6.07, 6.45) is -0.675. The molecule has 150 valence electrons. The molecule has 0 bridgehead atoms. The minimum atomic E-state index is -0.901. The fourth-order valence-electron chi connectivity index (χ4n) is 2.90. The molecule has 29 heavy (non-hydrogen) atoms. The van der Waals surface area contributed by atoms with E-state index in [1.54, 1.807) is 44.6 Å². The van der Waals surface area contributed by atoms with Gasteiger partial charge in [-0.3, -0.25) is 0 Å². The highest BCUT2D eigenvalue weighted by Crippen LogP contribution is 2.25. The van der Waals surface area contributed by atoms with Crippen molar-refractivity contribution < 1.29 is 13.9 Å². The number of carbonyl (C=O) groups is 1. The third kappa shape index (κ3) is 4.88. The first-order chi connectivity index (χ1) is 13.7. The summed E-state index contributed by atoms with van der Waals surface area (Å²) in [6, 6.07) is 11.5. The zero-order valence-electron chi connectivity index (χ0n) is 16.7. The molecular weight excluding hydrogens is 373 g/mol. The number of aryl methyl sites for hydroxylation is 1. The number of amides is 1. The van der Waals surface area contributed by atoms with Gasteiger partial charge in [-0.2, -0.15) is 5.26 Å². The number of alkyl carbamates (subject to hydrolysis) is 1. The Morgan fingerprint density at radius 3 is 2.62 bits per heavy atom. The molecule has 3 rings (SSSR count). The van der Waals surface area contributed by atoms with Crippen molar-refractivity contribution in [2.45, 2.75) is 38.8 Å². The van der Waals surface area contributed by atoms with Crippen molar-refractivity contribution in [1.29, 1.82) is 5.26 Å². The predicted octanol–water partition coefficient (Wildman–Crippen LogP) is 3.73. The summed E-state index contributed by atoms with van der Waals surface area (Å²) >= 11 is 0. The molecule has 7 nitrogen and oxygen atoms in total. The van der Waals surface area contributed by atoms with E-state index in [9.17, 15) is 14.4 Å². The molecule has 0 aliphatic carbocycles. The van der Waals surface area contributed by atoms with Gasteiger partial charge < -0.3 is 10.1 Å². The van der Waals surface area contributed by atoms with Gasteiger partial charge in [0.05, 0.1) is 11.6 Å². The van der Waals surface area contributed by atoms with Crippen molar-refractivity contribution in [3.05, 3.63) is 47.8 Å². The first-order valence-electron chi connectivity index (χ1n) is 9.13. The van der Waals surface area contributed by atoms with Crippen LogP contribution in [-0.2, 0) is 18.2 Å². The summed E-state index contributed by atoms with van der Waals surface area (Å²) in [4.78, 5) is 11.9. The van der Waals surface area contributed by atoms with Crippen molar-refractivity contribution in [2.75, 3.05) is 0 Å². The third-order valence-electron chi connectivity index (χ3n) is 4.27. The highest BCUT2D eigenvalue weighted by atomic mass is 19.1. The van der Waals surface area contributed by atoms with Gasteiger partial charge in [0.15, 0.2) is 0 Å². The largest absolute Gasteiger partial charge is 0.444 e. The van der Waals surface area contributed by atoms with Crippen LogP contribution in [0.15, 0.2) is 36.4 Å². The van der Waals surface area contributed by atoms with Crippen LogP contribution < -0.4 is 5.32 Å². The minimum absolute atomic E-state index is 0.0343. The smallest absolute Gasteiger partial charge is 0.408 e. The van der Waals surface area contributed by atoms with Gasteiger partial charge in [0.1, 0.15) is 23.0 Å². The number of rotatable bonds is 4. The quantitative estimate of drug-likeness (QED) is 0.726. The van der Waals surface area contributed by atoms with E-state index in [-0.39, 0.29) is 6.42 Å². The van der Waals surface area contributed by atoms with E-state index in [0.717, 1.165) is 16.6 Å². The maximum atomic E-state index is 14.7. The first kappa shape index (κ1) is 20.3. The lowest BCUT2D eigenvalue weighted by atomic mass is 10.00. The normalized spacial score (nSPS) is 12.4. The van der Waals surface area contributed by atoms with E-state index in [1.165, 1.54) is 6.07 Å². The zero-order chi connectivity index (χ0) is 21.2. The molecule has 0 aliphatic rings. The number of nitriles is 1. The Bertz CT molecular complexity index is 1090. The Hall–Kier alpha value is -3.47. The lowest BCUT2D eigenvalue weighted by Crippen LogP contribution is -2.39. The molecule has 1 heterocycles. The number of nitrogens with zero attached hydrogens (tertiary/aromatic N) is 4. The maximum Gasteiger partial charge on any atom is 0.408 e. The molecule has 1 N–H and O–H groups in total. The van der Waals surface area contributed by atoms with E-state index >= 15 is 0 Å². The van der Waals surface area contributed by atoms with Crippen molar-refractivity contribution in [2.24, 2.45) is 7.05 Å². The van der Waals surface area contributed by atoms with Gasteiger partial charge in [-0.1, -0.05) is 23.4 Å². The van der Waals surface area contributed by atoms with Crippen LogP contribution in [-0.4, -0.2) is 32.7 Å². The van der Waals surface area contributed by atoms with Crippen LogP contribution in [0, 0.1) is 17.1 Å². The lowest BCUT2D eigenvalue weighted by molar-refractivity contribution is 0.0515. The van der Waals surface area contributed by atoms with Crippen LogP contribution in [0.25, 0.3) is 22.2 Å². The number of hydrogen-bond donors (Lipinski definition) is 1. The number of aromatic nitrogens is 3. The van der Waals surface area contributed by atoms with Crippen LogP contribution >= 0.6 is 0 Å². The van der Waals surface area contributed by atoms with Crippen LogP contribution in [0.5, 0.6) is 0 Å². The Kier molecular flexibility index (Phi) is 5.50. The molecule has 2 aromatic carbocycles. The predicted molar refractivity (Wildman–Crippen MR) is 106 cm³/mol. The minimum Gasteiger partial charge on any atom is -0.444 e. The molecule has 0 spiro atoms. The molecule has 0 saturated carbocycles. The number of ether oxygens (including phenoxy) is 1. The highest BCUT2D eigenvalue weighted by molar-refractivity contribution is 5.81. The highest BCUT2D eigenvalue weighted by Gasteiger charge is 2.20. The summed E-state index contributed by atoms with van der Waals surface area (Å²) in [5, 5.41) is 19.8. The third-order valence-corrected chi connectivity index (χ3v) is 4.27. The summed E-state index contributed by atoms with van der Waals surface area (Å²) in [7, 11) is 1.79. The molecule has 0 unspecified atom stereocenters. The molecule has 0 radical (unpaired) electrons. The topological polar surface area (TPSA) is 92.8 Å². The summed E-state index contributed by atoms with van der Waals surface area (Å²) in [5.41, 5.74) is 2.79. The maximum absolute atomic E-state index is 14.7. The second-order valence-electron chi connectivity index (χ2n) is 7.75. The number of fused-ring (bicyclic) bond motifs is 1. The Balaban J connectivity index is 1.77. The van der Waals surface area contributed by atoms with Gasteiger partial charge in [0.2, 0.25) is 0 Å². The number of benzene rings is 2. The summed E-state index contributed by atoms with van der Waals surface area (Å²) in [6.45, 7) is 5.18. The van der Waals surface area contributed by atoms with Gasteiger partial charge in [-0.05, 0) is 55.7 Å². The molecule has 0 aliphatic heterocycles. The van der Waals surface area contributed by atoms with Crippen LogP contribution in [0.1, 0.15) is 26.3 Å². The average Bonchev–Trinajstić information content (AvgIpc) is 3.01. The number of carbonyl (C=O) groups excluding carboxylic acids is 1. The SMILES string of the molecule is Cn1nnc2ccc(-c3ccc(C[C@@H](C#N)NC(=O)OC(C)(C)C)c(F)c3)cc21. The summed E-state index contributed by atoms with van der Waals surface area (Å²) < 4.78 is 21.5. The van der Waals surface area contributed by atoms with Gasteiger partial charge in [-0.15, -0.1) is 5.10 Å². The number of halogens is 1. The fourth-order valence-corrected chi connectivity index (χ4v) is 2.90. The average molecular weight is 395 g/mol. The molecule has 3 aromatic rings. The van der Waals surface area contributed by atoms with E-state index < -0.39 is 23.6 Å². The van der Waals surface area contributed by atoms with Crippen molar-refractivity contribution in [3.8, 4) is 17.2 Å². The molecule has 0 saturated heterocycles. The lowest BCUT2D eigenvalue weighted by Gasteiger charge is -2.21. The second kappa shape index (κ2) is 7.87. The van der Waals surface area contributed by atoms with Crippen LogP contribution in [0.3, 0.4) is 0 Å². The zero-order valence-corrected chi connectivity index (χ0v) is 16.7. The Labute approximate surface area is 168 Å². The first-order valence-corrected chi connectivity index (χ1v) is 9.13. The molecule has 0 fully saturated rings. The van der Waals surface area contributed by atoms with Crippen LogP contribution in [0.2, 0.25) is 0 Å². The second-order valence-corrected chi connectivity index (χ2v) is 7.75. The molecule has 8 heteroatoms. The van der Waals surface area contributed by atoms with Gasteiger partial charge >= 0.3 is 6.09 Å². The van der Waals surface area contributed by atoms with Gasteiger partial charge in [0, 0.05) is 13.5 Å². The van der Waals surface area contributed by atoms with E-state index in [4.69, 9.17) is 4.74 Å². The monoisotopic (exact) mass is 395 g/mol. The number of hydrogen-bond acceptors (Lipinski definition) is 5. The molecule has 1 amide bonds. The van der Waals surface area contributed by atoms with Crippen molar-refractivity contribution in [3.63, 3.8) is 0 Å². The Morgan fingerprint density at radius 1 is 1.28 bits per heavy atom. The molecule has 1 atom stereocenters. The molecular formula is C21H22FN5O2.